The lowest BCUT2D eigenvalue weighted by Crippen LogP contribution is -2.46. The number of nitrogens with one attached hydrogen (secondary N) is 1. The summed E-state index contributed by atoms with van der Waals surface area (Å²) in [6, 6.07) is 16.1. The Hall–Kier alpha value is -3.38. The number of hydrogen-bond donors (Lipinski definition) is 2. The van der Waals surface area contributed by atoms with Gasteiger partial charge in [-0.2, -0.15) is 4.39 Å². The first-order valence-electron chi connectivity index (χ1n) is 11.6. The molecular weight excluding hydrogens is 413 g/mol. The van der Waals surface area contributed by atoms with Gasteiger partial charge in [-0.3, -0.25) is 0 Å². The van der Waals surface area contributed by atoms with Crippen molar-refractivity contribution in [3.63, 3.8) is 0 Å². The topological polar surface area (TPSA) is 57.4 Å². The fourth-order valence-corrected chi connectivity index (χ4v) is 4.82. The maximum absolute atomic E-state index is 14.9. The number of halogens is 1. The van der Waals surface area contributed by atoms with E-state index in [-0.39, 0.29) is 5.82 Å². The SMILES string of the molecule is C=C1NCCc2cc(-c3cc(-c4ccc(N5CCN(CC)CC5)cc4)c(F)nc3N)ccc21. The van der Waals surface area contributed by atoms with E-state index in [1.807, 2.05) is 24.3 Å². The summed E-state index contributed by atoms with van der Waals surface area (Å²) in [5.74, 6) is -0.342. The molecule has 1 aromatic heterocycles. The Bertz CT molecular complexity index is 1180. The quantitative estimate of drug-likeness (QED) is 0.586. The van der Waals surface area contributed by atoms with Crippen molar-refractivity contribution in [1.82, 2.24) is 15.2 Å². The Kier molecular flexibility index (Phi) is 5.77. The molecule has 0 spiro atoms. The van der Waals surface area contributed by atoms with Crippen LogP contribution in [0.2, 0.25) is 0 Å². The molecular formula is C27H30FN5. The van der Waals surface area contributed by atoms with Gasteiger partial charge in [-0.15, -0.1) is 0 Å². The normalized spacial score (nSPS) is 16.4. The lowest BCUT2D eigenvalue weighted by Gasteiger charge is -2.35. The Morgan fingerprint density at radius 3 is 2.42 bits per heavy atom. The monoisotopic (exact) mass is 443 g/mol. The van der Waals surface area contributed by atoms with Gasteiger partial charge in [0, 0.05) is 60.8 Å². The fraction of sp³-hybridized carbons (Fsp3) is 0.296. The number of benzene rings is 2. The van der Waals surface area contributed by atoms with Crippen molar-refractivity contribution in [3.8, 4) is 22.3 Å². The van der Waals surface area contributed by atoms with Gasteiger partial charge in [-0.05, 0) is 47.9 Å². The molecule has 0 radical (unpaired) electrons. The van der Waals surface area contributed by atoms with E-state index in [4.69, 9.17) is 5.73 Å². The third-order valence-electron chi connectivity index (χ3n) is 6.84. The zero-order valence-electron chi connectivity index (χ0n) is 19.1. The summed E-state index contributed by atoms with van der Waals surface area (Å²) in [6.07, 6.45) is 0.914. The van der Waals surface area contributed by atoms with Crippen LogP contribution in [-0.4, -0.2) is 49.2 Å². The molecule has 3 N–H and O–H groups in total. The van der Waals surface area contributed by atoms with E-state index in [9.17, 15) is 4.39 Å². The molecule has 3 heterocycles. The lowest BCUT2D eigenvalue weighted by molar-refractivity contribution is 0.271. The minimum absolute atomic E-state index is 0.203. The number of fused-ring (bicyclic) bond motifs is 1. The number of nitrogens with zero attached hydrogens (tertiary/aromatic N) is 3. The molecule has 0 atom stereocenters. The van der Waals surface area contributed by atoms with Crippen molar-refractivity contribution in [2.45, 2.75) is 13.3 Å². The number of anilines is 2. The van der Waals surface area contributed by atoms with Crippen molar-refractivity contribution in [2.75, 3.05) is 49.9 Å². The lowest BCUT2D eigenvalue weighted by atomic mass is 9.93. The Morgan fingerprint density at radius 1 is 0.970 bits per heavy atom. The Balaban J connectivity index is 1.44. The highest BCUT2D eigenvalue weighted by molar-refractivity contribution is 5.81. The number of likely N-dealkylation sites (N-methyl/N-ethyl adjacent to an activating group) is 1. The summed E-state index contributed by atoms with van der Waals surface area (Å²) in [5, 5.41) is 3.29. The highest BCUT2D eigenvalue weighted by Crippen LogP contribution is 2.34. The van der Waals surface area contributed by atoms with E-state index in [0.717, 1.165) is 73.6 Å². The van der Waals surface area contributed by atoms with Crippen molar-refractivity contribution in [3.05, 3.63) is 72.2 Å². The van der Waals surface area contributed by atoms with Gasteiger partial charge in [0.15, 0.2) is 0 Å². The number of nitrogen functional groups attached to an aromatic ring is 1. The van der Waals surface area contributed by atoms with Crippen LogP contribution in [-0.2, 0) is 6.42 Å². The van der Waals surface area contributed by atoms with Gasteiger partial charge in [-0.25, -0.2) is 4.98 Å². The molecule has 0 bridgehead atoms. The minimum Gasteiger partial charge on any atom is -0.385 e. The first kappa shape index (κ1) is 21.5. The molecule has 0 saturated carbocycles. The molecule has 1 fully saturated rings. The maximum Gasteiger partial charge on any atom is 0.222 e. The van der Waals surface area contributed by atoms with Crippen molar-refractivity contribution in [1.29, 1.82) is 0 Å². The summed E-state index contributed by atoms with van der Waals surface area (Å²) >= 11 is 0. The van der Waals surface area contributed by atoms with Crippen LogP contribution in [0.5, 0.6) is 0 Å². The second-order valence-electron chi connectivity index (χ2n) is 8.75. The largest absolute Gasteiger partial charge is 0.385 e. The summed E-state index contributed by atoms with van der Waals surface area (Å²) < 4.78 is 14.9. The molecule has 33 heavy (non-hydrogen) atoms. The van der Waals surface area contributed by atoms with Crippen LogP contribution in [0.15, 0.2) is 55.1 Å². The third-order valence-corrected chi connectivity index (χ3v) is 6.84. The number of aromatic nitrogens is 1. The van der Waals surface area contributed by atoms with Crippen LogP contribution in [0, 0.1) is 5.95 Å². The van der Waals surface area contributed by atoms with Gasteiger partial charge >= 0.3 is 0 Å². The number of pyridine rings is 1. The van der Waals surface area contributed by atoms with Crippen LogP contribution in [0.1, 0.15) is 18.1 Å². The zero-order chi connectivity index (χ0) is 22.9. The van der Waals surface area contributed by atoms with Gasteiger partial charge in [-0.1, -0.05) is 43.8 Å². The summed E-state index contributed by atoms with van der Waals surface area (Å²) in [7, 11) is 0. The van der Waals surface area contributed by atoms with E-state index in [1.165, 1.54) is 11.3 Å². The van der Waals surface area contributed by atoms with Crippen molar-refractivity contribution < 1.29 is 4.39 Å². The van der Waals surface area contributed by atoms with E-state index in [2.05, 4.69) is 57.9 Å². The van der Waals surface area contributed by atoms with E-state index in [1.54, 1.807) is 0 Å². The van der Waals surface area contributed by atoms with E-state index >= 15 is 0 Å². The smallest absolute Gasteiger partial charge is 0.222 e. The predicted octanol–water partition coefficient (Wildman–Crippen LogP) is 4.40. The number of rotatable bonds is 4. The molecule has 0 aliphatic carbocycles. The molecule has 2 aliphatic heterocycles. The second-order valence-corrected chi connectivity index (χ2v) is 8.75. The highest BCUT2D eigenvalue weighted by atomic mass is 19.1. The second kappa shape index (κ2) is 8.87. The fourth-order valence-electron chi connectivity index (χ4n) is 4.82. The number of hydrogen-bond acceptors (Lipinski definition) is 5. The Labute approximate surface area is 194 Å². The third kappa shape index (κ3) is 4.18. The van der Waals surface area contributed by atoms with Crippen LogP contribution in [0.25, 0.3) is 28.0 Å². The van der Waals surface area contributed by atoms with E-state index in [0.29, 0.717) is 5.56 Å². The molecule has 2 aromatic carbocycles. The average Bonchev–Trinajstić information content (AvgIpc) is 2.84. The summed E-state index contributed by atoms with van der Waals surface area (Å²) in [4.78, 5) is 8.89. The van der Waals surface area contributed by atoms with Crippen LogP contribution in [0.4, 0.5) is 15.9 Å². The molecule has 1 saturated heterocycles. The van der Waals surface area contributed by atoms with Crippen molar-refractivity contribution >= 4 is 17.2 Å². The molecule has 0 amide bonds. The maximum atomic E-state index is 14.9. The summed E-state index contributed by atoms with van der Waals surface area (Å²) in [6.45, 7) is 12.4. The molecule has 5 nitrogen and oxygen atoms in total. The van der Waals surface area contributed by atoms with Gasteiger partial charge in [0.2, 0.25) is 5.95 Å². The molecule has 170 valence electrons. The van der Waals surface area contributed by atoms with Crippen LogP contribution >= 0.6 is 0 Å². The van der Waals surface area contributed by atoms with Crippen molar-refractivity contribution in [2.24, 2.45) is 0 Å². The molecule has 2 aliphatic rings. The molecule has 6 heteroatoms. The zero-order valence-corrected chi connectivity index (χ0v) is 19.1. The minimum atomic E-state index is -0.545. The first-order valence-corrected chi connectivity index (χ1v) is 11.6. The van der Waals surface area contributed by atoms with Gasteiger partial charge in [0.1, 0.15) is 5.82 Å². The van der Waals surface area contributed by atoms with Crippen LogP contribution in [0.3, 0.4) is 0 Å². The Morgan fingerprint density at radius 2 is 1.70 bits per heavy atom. The molecule has 0 unspecified atom stereocenters. The van der Waals surface area contributed by atoms with Gasteiger partial charge in [0.25, 0.3) is 0 Å². The van der Waals surface area contributed by atoms with Gasteiger partial charge < -0.3 is 20.9 Å². The number of nitrogens with two attached hydrogens (primary N) is 1. The predicted molar refractivity (Wildman–Crippen MR) is 135 cm³/mol. The van der Waals surface area contributed by atoms with Gasteiger partial charge in [0.05, 0.1) is 0 Å². The summed E-state index contributed by atoms with van der Waals surface area (Å²) in [5.41, 5.74) is 13.6. The van der Waals surface area contributed by atoms with E-state index < -0.39 is 5.95 Å². The standard InChI is InChI=1S/C27H30FN5/c1-3-32-12-14-33(15-13-32)22-7-4-19(5-8-22)24-17-25(27(29)31-26(24)28)20-6-9-23-18(2)30-11-10-21(23)16-20/h4-9,16-17,30H,2-3,10-15H2,1H3,(H2,29,31). The highest BCUT2D eigenvalue weighted by Gasteiger charge is 2.18. The number of piperazine rings is 1. The van der Waals surface area contributed by atoms with Crippen LogP contribution < -0.4 is 16.0 Å². The molecule has 5 rings (SSSR count). The first-order chi connectivity index (χ1) is 16.0. The average molecular weight is 444 g/mol. The molecule has 3 aromatic rings.